The molecule has 1 aromatic rings. The smallest absolute Gasteiger partial charge is 0.150 e. The van der Waals surface area contributed by atoms with E-state index in [0.29, 0.717) is 5.56 Å². The Bertz CT molecular complexity index is 321. The number of aromatic nitrogens is 1. The van der Waals surface area contributed by atoms with Crippen LogP contribution in [0, 0.1) is 0 Å². The number of anilines is 1. The van der Waals surface area contributed by atoms with Crippen molar-refractivity contribution in [1.82, 2.24) is 10.3 Å². The number of aldehydes is 1. The highest BCUT2D eigenvalue weighted by Crippen LogP contribution is 2.11. The zero-order valence-corrected chi connectivity index (χ0v) is 7.94. The predicted molar refractivity (Wildman–Crippen MR) is 54.7 cm³/mol. The standard InChI is InChI=1S/C10H13N3O/c14-8-9-1-2-12-10(7-9)13-5-3-11-4-6-13/h1-2,7-8,11H,3-6H2. The molecule has 4 heteroatoms. The van der Waals surface area contributed by atoms with Crippen LogP contribution in [0.5, 0.6) is 0 Å². The van der Waals surface area contributed by atoms with Crippen molar-refractivity contribution < 1.29 is 4.79 Å². The van der Waals surface area contributed by atoms with Gasteiger partial charge in [0.25, 0.3) is 0 Å². The summed E-state index contributed by atoms with van der Waals surface area (Å²) >= 11 is 0. The third kappa shape index (κ3) is 1.90. The summed E-state index contributed by atoms with van der Waals surface area (Å²) in [5, 5.41) is 3.27. The van der Waals surface area contributed by atoms with Crippen LogP contribution in [-0.4, -0.2) is 37.4 Å². The van der Waals surface area contributed by atoms with Gasteiger partial charge in [-0.25, -0.2) is 4.98 Å². The van der Waals surface area contributed by atoms with Crippen LogP contribution in [0.4, 0.5) is 5.82 Å². The first-order valence-electron chi connectivity index (χ1n) is 4.77. The first kappa shape index (κ1) is 9.15. The molecule has 14 heavy (non-hydrogen) atoms. The van der Waals surface area contributed by atoms with Gasteiger partial charge >= 0.3 is 0 Å². The van der Waals surface area contributed by atoms with Gasteiger partial charge in [0.05, 0.1) is 0 Å². The largest absolute Gasteiger partial charge is 0.354 e. The molecule has 0 amide bonds. The van der Waals surface area contributed by atoms with Crippen molar-refractivity contribution in [2.75, 3.05) is 31.1 Å². The Morgan fingerprint density at radius 3 is 2.93 bits per heavy atom. The predicted octanol–water partition coefficient (Wildman–Crippen LogP) is 0.304. The van der Waals surface area contributed by atoms with Gasteiger partial charge in [-0.05, 0) is 12.1 Å². The van der Waals surface area contributed by atoms with Crippen LogP contribution in [0.1, 0.15) is 10.4 Å². The highest BCUT2D eigenvalue weighted by Gasteiger charge is 2.11. The fourth-order valence-corrected chi connectivity index (χ4v) is 1.57. The molecule has 0 unspecified atom stereocenters. The van der Waals surface area contributed by atoms with E-state index in [1.54, 1.807) is 12.3 Å². The number of rotatable bonds is 2. The quantitative estimate of drug-likeness (QED) is 0.683. The van der Waals surface area contributed by atoms with E-state index in [1.165, 1.54) is 0 Å². The van der Waals surface area contributed by atoms with Crippen molar-refractivity contribution in [1.29, 1.82) is 0 Å². The molecule has 1 aromatic heterocycles. The SMILES string of the molecule is O=Cc1ccnc(N2CCNCC2)c1. The first-order valence-corrected chi connectivity index (χ1v) is 4.77. The van der Waals surface area contributed by atoms with E-state index >= 15 is 0 Å². The third-order valence-corrected chi connectivity index (χ3v) is 2.35. The Morgan fingerprint density at radius 2 is 2.21 bits per heavy atom. The van der Waals surface area contributed by atoms with Crippen molar-refractivity contribution in [3.8, 4) is 0 Å². The molecule has 0 spiro atoms. The summed E-state index contributed by atoms with van der Waals surface area (Å²) in [6, 6.07) is 3.55. The van der Waals surface area contributed by atoms with Gasteiger partial charge in [0.1, 0.15) is 12.1 Å². The lowest BCUT2D eigenvalue weighted by atomic mass is 10.2. The monoisotopic (exact) mass is 191 g/mol. The zero-order chi connectivity index (χ0) is 9.80. The number of nitrogens with one attached hydrogen (secondary N) is 1. The second-order valence-electron chi connectivity index (χ2n) is 3.30. The maximum absolute atomic E-state index is 10.6. The molecule has 0 aromatic carbocycles. The highest BCUT2D eigenvalue weighted by atomic mass is 16.1. The summed E-state index contributed by atoms with van der Waals surface area (Å²) < 4.78 is 0. The molecule has 1 saturated heterocycles. The van der Waals surface area contributed by atoms with Crippen LogP contribution in [-0.2, 0) is 0 Å². The molecule has 1 N–H and O–H groups in total. The molecule has 1 aliphatic rings. The van der Waals surface area contributed by atoms with Gasteiger partial charge in [-0.2, -0.15) is 0 Å². The minimum Gasteiger partial charge on any atom is -0.354 e. The van der Waals surface area contributed by atoms with Crippen LogP contribution >= 0.6 is 0 Å². The van der Waals surface area contributed by atoms with Crippen molar-refractivity contribution in [2.45, 2.75) is 0 Å². The Hall–Kier alpha value is -1.42. The lowest BCUT2D eigenvalue weighted by Crippen LogP contribution is -2.43. The van der Waals surface area contributed by atoms with E-state index in [0.717, 1.165) is 38.3 Å². The van der Waals surface area contributed by atoms with Crippen molar-refractivity contribution in [3.05, 3.63) is 23.9 Å². The molecular weight excluding hydrogens is 178 g/mol. The molecule has 2 rings (SSSR count). The van der Waals surface area contributed by atoms with Gasteiger partial charge in [-0.3, -0.25) is 4.79 Å². The number of hydrogen-bond donors (Lipinski definition) is 1. The molecule has 0 saturated carbocycles. The second kappa shape index (κ2) is 4.19. The number of nitrogens with zero attached hydrogens (tertiary/aromatic N) is 2. The first-order chi connectivity index (χ1) is 6.90. The van der Waals surface area contributed by atoms with Gasteiger partial charge in [0.15, 0.2) is 0 Å². The summed E-state index contributed by atoms with van der Waals surface area (Å²) in [6.45, 7) is 3.87. The van der Waals surface area contributed by atoms with E-state index in [2.05, 4.69) is 15.2 Å². The van der Waals surface area contributed by atoms with Crippen LogP contribution < -0.4 is 10.2 Å². The molecule has 0 aliphatic carbocycles. The van der Waals surface area contributed by atoms with Crippen molar-refractivity contribution >= 4 is 12.1 Å². The summed E-state index contributed by atoms with van der Waals surface area (Å²) in [6.07, 6.45) is 2.54. The fourth-order valence-electron chi connectivity index (χ4n) is 1.57. The minimum absolute atomic E-state index is 0.688. The molecular formula is C10H13N3O. The van der Waals surface area contributed by atoms with Crippen LogP contribution in [0.15, 0.2) is 18.3 Å². The fraction of sp³-hybridized carbons (Fsp3) is 0.400. The van der Waals surface area contributed by atoms with Crippen molar-refractivity contribution in [3.63, 3.8) is 0 Å². The average Bonchev–Trinajstić information content (AvgIpc) is 2.30. The second-order valence-corrected chi connectivity index (χ2v) is 3.30. The molecule has 0 bridgehead atoms. The molecule has 1 fully saturated rings. The summed E-state index contributed by atoms with van der Waals surface area (Å²) in [5.74, 6) is 0.899. The normalized spacial score (nSPS) is 16.7. The third-order valence-electron chi connectivity index (χ3n) is 2.35. The summed E-state index contributed by atoms with van der Waals surface area (Å²) in [7, 11) is 0. The topological polar surface area (TPSA) is 45.2 Å². The number of carbonyl (C=O) groups is 1. The lowest BCUT2D eigenvalue weighted by Gasteiger charge is -2.28. The Labute approximate surface area is 82.9 Å². The molecule has 4 nitrogen and oxygen atoms in total. The van der Waals surface area contributed by atoms with Crippen LogP contribution in [0.25, 0.3) is 0 Å². The summed E-state index contributed by atoms with van der Waals surface area (Å²) in [4.78, 5) is 17.0. The number of pyridine rings is 1. The summed E-state index contributed by atoms with van der Waals surface area (Å²) in [5.41, 5.74) is 0.688. The molecule has 0 radical (unpaired) electrons. The van der Waals surface area contributed by atoms with E-state index in [-0.39, 0.29) is 0 Å². The lowest BCUT2D eigenvalue weighted by molar-refractivity contribution is 0.112. The van der Waals surface area contributed by atoms with E-state index in [9.17, 15) is 4.79 Å². The Morgan fingerprint density at radius 1 is 1.43 bits per heavy atom. The average molecular weight is 191 g/mol. The van der Waals surface area contributed by atoms with Gasteiger partial charge in [0.2, 0.25) is 0 Å². The van der Waals surface area contributed by atoms with Gasteiger partial charge in [0, 0.05) is 37.9 Å². The van der Waals surface area contributed by atoms with Crippen LogP contribution in [0.2, 0.25) is 0 Å². The van der Waals surface area contributed by atoms with Gasteiger partial charge in [-0.15, -0.1) is 0 Å². The maximum Gasteiger partial charge on any atom is 0.150 e. The number of carbonyl (C=O) groups excluding carboxylic acids is 1. The highest BCUT2D eigenvalue weighted by molar-refractivity contribution is 5.76. The van der Waals surface area contributed by atoms with E-state index < -0.39 is 0 Å². The molecule has 74 valence electrons. The van der Waals surface area contributed by atoms with E-state index in [1.807, 2.05) is 6.07 Å². The molecule has 0 atom stereocenters. The van der Waals surface area contributed by atoms with Crippen molar-refractivity contribution in [2.24, 2.45) is 0 Å². The number of piperazine rings is 1. The molecule has 2 heterocycles. The maximum atomic E-state index is 10.6. The zero-order valence-electron chi connectivity index (χ0n) is 7.94. The van der Waals surface area contributed by atoms with Gasteiger partial charge < -0.3 is 10.2 Å². The molecule has 1 aliphatic heterocycles. The number of hydrogen-bond acceptors (Lipinski definition) is 4. The minimum atomic E-state index is 0.688. The van der Waals surface area contributed by atoms with E-state index in [4.69, 9.17) is 0 Å². The van der Waals surface area contributed by atoms with Crippen LogP contribution in [0.3, 0.4) is 0 Å². The Balaban J connectivity index is 2.17. The Kier molecular flexibility index (Phi) is 2.74. The van der Waals surface area contributed by atoms with Gasteiger partial charge in [-0.1, -0.05) is 0 Å².